The first kappa shape index (κ1) is 11.3. The summed E-state index contributed by atoms with van der Waals surface area (Å²) in [4.78, 5) is 32.8. The van der Waals surface area contributed by atoms with Gasteiger partial charge in [0, 0.05) is 0 Å². The van der Waals surface area contributed by atoms with Crippen LogP contribution < -0.4 is 16.0 Å². The predicted molar refractivity (Wildman–Crippen MR) is 50.3 cm³/mol. The van der Waals surface area contributed by atoms with Crippen molar-refractivity contribution >= 4 is 18.0 Å². The first-order valence-corrected chi connectivity index (χ1v) is 4.60. The average molecular weight is 215 g/mol. The molecule has 1 atom stereocenters. The van der Waals surface area contributed by atoms with E-state index in [9.17, 15) is 14.4 Å². The molecule has 7 nitrogen and oxygen atoms in total. The van der Waals surface area contributed by atoms with Crippen molar-refractivity contribution in [1.82, 2.24) is 16.0 Å². The van der Waals surface area contributed by atoms with Crippen molar-refractivity contribution in [3.63, 3.8) is 0 Å². The minimum atomic E-state index is -1.22. The van der Waals surface area contributed by atoms with Gasteiger partial charge >= 0.3 is 12.1 Å². The zero-order valence-electron chi connectivity index (χ0n) is 8.29. The van der Waals surface area contributed by atoms with Crippen LogP contribution in [0.5, 0.6) is 0 Å². The number of carboxylic acid groups (broad SMARTS) is 1. The Balaban J connectivity index is 2.74. The molecule has 1 aliphatic heterocycles. The first-order valence-electron chi connectivity index (χ1n) is 4.60. The summed E-state index contributed by atoms with van der Waals surface area (Å²) in [6.45, 7) is 1.73. The number of hydrogen-bond donors (Lipinski definition) is 4. The molecule has 1 fully saturated rings. The van der Waals surface area contributed by atoms with Crippen molar-refractivity contribution in [3.8, 4) is 0 Å². The van der Waals surface area contributed by atoms with Gasteiger partial charge in [0.25, 0.3) is 5.91 Å². The average Bonchev–Trinajstić information content (AvgIpc) is 2.40. The fourth-order valence-electron chi connectivity index (χ4n) is 1.57. The van der Waals surface area contributed by atoms with Gasteiger partial charge < -0.3 is 15.7 Å². The Bertz CT molecular complexity index is 304. The van der Waals surface area contributed by atoms with Crippen molar-refractivity contribution in [2.24, 2.45) is 0 Å². The van der Waals surface area contributed by atoms with Gasteiger partial charge in [0.15, 0.2) is 0 Å². The Labute approximate surface area is 86.2 Å². The van der Waals surface area contributed by atoms with Crippen molar-refractivity contribution < 1.29 is 19.5 Å². The molecule has 1 saturated heterocycles. The smallest absolute Gasteiger partial charge is 0.404 e. The van der Waals surface area contributed by atoms with Gasteiger partial charge in [-0.15, -0.1) is 0 Å². The maximum Gasteiger partial charge on any atom is 0.404 e. The minimum Gasteiger partial charge on any atom is -0.465 e. The summed E-state index contributed by atoms with van der Waals surface area (Å²) in [5, 5.41) is 15.1. The fraction of sp³-hybridized carbons (Fsp3) is 0.625. The highest BCUT2D eigenvalue weighted by atomic mass is 16.4. The van der Waals surface area contributed by atoms with Crippen LogP contribution in [0.2, 0.25) is 0 Å². The molecule has 0 radical (unpaired) electrons. The molecule has 0 spiro atoms. The third kappa shape index (κ3) is 2.36. The highest BCUT2D eigenvalue weighted by Crippen LogP contribution is 2.16. The second-order valence-electron chi connectivity index (χ2n) is 3.40. The van der Waals surface area contributed by atoms with Crippen molar-refractivity contribution in [2.75, 3.05) is 6.54 Å². The fourth-order valence-corrected chi connectivity index (χ4v) is 1.57. The largest absolute Gasteiger partial charge is 0.465 e. The third-order valence-corrected chi connectivity index (χ3v) is 2.23. The van der Waals surface area contributed by atoms with Crippen LogP contribution >= 0.6 is 0 Å². The molecule has 84 valence electrons. The Kier molecular flexibility index (Phi) is 3.13. The molecule has 0 aromatic carbocycles. The van der Waals surface area contributed by atoms with Crippen molar-refractivity contribution in [3.05, 3.63) is 0 Å². The standard InChI is InChI=1S/C8H13N3O4/c1-2-3-8(4-9-7(14)15)5(12)10-6(13)11-8/h9H,2-4H2,1H3,(H,14,15)(H2,10,11,12,13). The summed E-state index contributed by atoms with van der Waals surface area (Å²) in [6, 6.07) is -0.583. The lowest BCUT2D eigenvalue weighted by molar-refractivity contribution is -0.124. The molecule has 1 unspecified atom stereocenters. The zero-order chi connectivity index (χ0) is 11.5. The number of nitrogens with one attached hydrogen (secondary N) is 3. The van der Waals surface area contributed by atoms with Gasteiger partial charge in [-0.2, -0.15) is 0 Å². The van der Waals surface area contributed by atoms with Gasteiger partial charge in [0.05, 0.1) is 6.54 Å². The number of amides is 4. The molecule has 4 N–H and O–H groups in total. The third-order valence-electron chi connectivity index (χ3n) is 2.23. The van der Waals surface area contributed by atoms with Crippen LogP contribution in [-0.4, -0.2) is 35.2 Å². The van der Waals surface area contributed by atoms with E-state index in [-0.39, 0.29) is 6.54 Å². The summed E-state index contributed by atoms with van der Waals surface area (Å²) in [5.74, 6) is -0.483. The van der Waals surface area contributed by atoms with E-state index in [0.29, 0.717) is 12.8 Å². The van der Waals surface area contributed by atoms with E-state index < -0.39 is 23.6 Å². The van der Waals surface area contributed by atoms with E-state index in [2.05, 4.69) is 16.0 Å². The number of hydrogen-bond acceptors (Lipinski definition) is 3. The number of carbonyl (C=O) groups excluding carboxylic acids is 2. The normalized spacial score (nSPS) is 24.6. The molecule has 0 aromatic rings. The molecular formula is C8H13N3O4. The number of urea groups is 1. The van der Waals surface area contributed by atoms with Gasteiger partial charge in [-0.25, -0.2) is 9.59 Å². The molecule has 15 heavy (non-hydrogen) atoms. The van der Waals surface area contributed by atoms with Crippen LogP contribution in [0.25, 0.3) is 0 Å². The maximum atomic E-state index is 11.5. The maximum absolute atomic E-state index is 11.5. The predicted octanol–water partition coefficient (Wildman–Crippen LogP) is -0.368. The van der Waals surface area contributed by atoms with E-state index >= 15 is 0 Å². The number of imide groups is 1. The summed E-state index contributed by atoms with van der Waals surface area (Å²) in [6.07, 6.45) is -0.167. The summed E-state index contributed by atoms with van der Waals surface area (Å²) >= 11 is 0. The molecule has 4 amide bonds. The van der Waals surface area contributed by atoms with E-state index in [0.717, 1.165) is 0 Å². The van der Waals surface area contributed by atoms with Crippen LogP contribution in [-0.2, 0) is 4.79 Å². The number of carbonyl (C=O) groups is 3. The Morgan fingerprint density at radius 2 is 2.20 bits per heavy atom. The van der Waals surface area contributed by atoms with Crippen LogP contribution in [0.3, 0.4) is 0 Å². The number of rotatable bonds is 4. The second kappa shape index (κ2) is 4.16. The molecule has 1 aliphatic rings. The highest BCUT2D eigenvalue weighted by molar-refractivity contribution is 6.07. The van der Waals surface area contributed by atoms with Gasteiger partial charge in [-0.3, -0.25) is 10.1 Å². The van der Waals surface area contributed by atoms with E-state index in [1.807, 2.05) is 6.92 Å². The SMILES string of the molecule is CCCC1(CNC(=O)O)NC(=O)NC1=O. The lowest BCUT2D eigenvalue weighted by Gasteiger charge is -2.24. The van der Waals surface area contributed by atoms with Crippen LogP contribution in [0.4, 0.5) is 9.59 Å². The van der Waals surface area contributed by atoms with Gasteiger partial charge in [-0.05, 0) is 6.42 Å². The van der Waals surface area contributed by atoms with Crippen LogP contribution in [0, 0.1) is 0 Å². The molecule has 7 heteroatoms. The Hall–Kier alpha value is -1.79. The zero-order valence-corrected chi connectivity index (χ0v) is 8.29. The topological polar surface area (TPSA) is 108 Å². The van der Waals surface area contributed by atoms with Crippen molar-refractivity contribution in [2.45, 2.75) is 25.3 Å². The highest BCUT2D eigenvalue weighted by Gasteiger charge is 2.45. The molecule has 1 rings (SSSR count). The van der Waals surface area contributed by atoms with Crippen LogP contribution in [0.15, 0.2) is 0 Å². The summed E-state index contributed by atoms with van der Waals surface area (Å²) in [5.41, 5.74) is -1.13. The molecule has 0 saturated carbocycles. The molecular weight excluding hydrogens is 202 g/mol. The monoisotopic (exact) mass is 215 g/mol. The van der Waals surface area contributed by atoms with E-state index in [1.54, 1.807) is 0 Å². The Morgan fingerprint density at radius 1 is 1.53 bits per heavy atom. The van der Waals surface area contributed by atoms with Gasteiger partial charge in [-0.1, -0.05) is 13.3 Å². The molecule has 0 aliphatic carbocycles. The summed E-state index contributed by atoms with van der Waals surface area (Å²) in [7, 11) is 0. The molecule has 1 heterocycles. The van der Waals surface area contributed by atoms with E-state index in [1.165, 1.54) is 0 Å². The lowest BCUT2D eigenvalue weighted by Crippen LogP contribution is -2.55. The van der Waals surface area contributed by atoms with Gasteiger partial charge in [0.1, 0.15) is 5.54 Å². The van der Waals surface area contributed by atoms with Crippen molar-refractivity contribution in [1.29, 1.82) is 0 Å². The first-order chi connectivity index (χ1) is 7.00. The quantitative estimate of drug-likeness (QED) is 0.480. The Morgan fingerprint density at radius 3 is 2.60 bits per heavy atom. The lowest BCUT2D eigenvalue weighted by atomic mass is 9.94. The second-order valence-corrected chi connectivity index (χ2v) is 3.40. The van der Waals surface area contributed by atoms with Crippen LogP contribution in [0.1, 0.15) is 19.8 Å². The van der Waals surface area contributed by atoms with E-state index in [4.69, 9.17) is 5.11 Å². The minimum absolute atomic E-state index is 0.117. The molecule has 0 bridgehead atoms. The summed E-state index contributed by atoms with van der Waals surface area (Å²) < 4.78 is 0. The molecule has 0 aromatic heterocycles. The van der Waals surface area contributed by atoms with Gasteiger partial charge in [0.2, 0.25) is 0 Å².